The zero-order valence-corrected chi connectivity index (χ0v) is 14.9. The highest BCUT2D eigenvalue weighted by molar-refractivity contribution is 9.10. The Labute approximate surface area is 155 Å². The van der Waals surface area contributed by atoms with Gasteiger partial charge in [0.1, 0.15) is 0 Å². The maximum atomic E-state index is 12.2. The number of hydrogen-bond donors (Lipinski definition) is 0. The minimum absolute atomic E-state index is 0.0858. The highest BCUT2D eigenvalue weighted by atomic mass is 79.9. The van der Waals surface area contributed by atoms with Crippen molar-refractivity contribution in [3.8, 4) is 17.2 Å². The molecule has 0 aliphatic carbocycles. The Bertz CT molecular complexity index is 981. The lowest BCUT2D eigenvalue weighted by molar-refractivity contribution is 0.104. The van der Waals surface area contributed by atoms with Crippen LogP contribution in [0.3, 0.4) is 0 Å². The number of ketones is 1. The zero-order valence-electron chi connectivity index (χ0n) is 13.3. The Balaban J connectivity index is 1.80. The Morgan fingerprint density at radius 3 is 2.28 bits per heavy atom. The number of hydrogen-bond acceptors (Lipinski definition) is 2. The summed E-state index contributed by atoms with van der Waals surface area (Å²) in [4.78, 5) is 12.2. The van der Waals surface area contributed by atoms with Crippen LogP contribution in [0.5, 0.6) is 0 Å². The molecule has 0 heterocycles. The van der Waals surface area contributed by atoms with E-state index in [9.17, 15) is 4.79 Å². The number of nitriles is 1. The van der Waals surface area contributed by atoms with Crippen LogP contribution < -0.4 is 0 Å². The summed E-state index contributed by atoms with van der Waals surface area (Å²) in [5.74, 6) is -0.0858. The Morgan fingerprint density at radius 2 is 1.60 bits per heavy atom. The van der Waals surface area contributed by atoms with E-state index >= 15 is 0 Å². The van der Waals surface area contributed by atoms with Gasteiger partial charge in [0.25, 0.3) is 0 Å². The molecule has 0 atom stereocenters. The summed E-state index contributed by atoms with van der Waals surface area (Å²) in [6.07, 6.45) is 3.36. The summed E-state index contributed by atoms with van der Waals surface area (Å²) >= 11 is 3.49. The van der Waals surface area contributed by atoms with Gasteiger partial charge in [-0.3, -0.25) is 4.79 Å². The summed E-state index contributed by atoms with van der Waals surface area (Å²) in [6.45, 7) is 0. The molecule has 0 bridgehead atoms. The van der Waals surface area contributed by atoms with E-state index in [0.29, 0.717) is 11.1 Å². The topological polar surface area (TPSA) is 40.9 Å². The monoisotopic (exact) mass is 387 g/mol. The second-order valence-corrected chi connectivity index (χ2v) is 6.44. The number of carbonyl (C=O) groups excluding carboxylic acids is 1. The molecule has 0 aliphatic rings. The average Bonchev–Trinajstić information content (AvgIpc) is 2.66. The number of carbonyl (C=O) groups is 1. The molecule has 3 heteroatoms. The van der Waals surface area contributed by atoms with Gasteiger partial charge in [-0.2, -0.15) is 5.26 Å². The fourth-order valence-electron chi connectivity index (χ4n) is 2.47. The van der Waals surface area contributed by atoms with Crippen LogP contribution in [0, 0.1) is 11.3 Å². The van der Waals surface area contributed by atoms with E-state index in [0.717, 1.165) is 21.2 Å². The van der Waals surface area contributed by atoms with Crippen LogP contribution in [0.1, 0.15) is 21.5 Å². The van der Waals surface area contributed by atoms with E-state index in [1.54, 1.807) is 30.3 Å². The van der Waals surface area contributed by atoms with E-state index in [4.69, 9.17) is 5.26 Å². The first-order valence-corrected chi connectivity index (χ1v) is 8.53. The molecule has 120 valence electrons. The van der Waals surface area contributed by atoms with Crippen LogP contribution in [0.15, 0.2) is 83.3 Å². The molecule has 0 fully saturated rings. The zero-order chi connectivity index (χ0) is 17.6. The fraction of sp³-hybridized carbons (Fsp3) is 0. The standard InChI is InChI=1S/C22H14BrNO/c23-21-6-2-5-20(14-21)19-4-1-3-16(13-19)9-12-22(25)18-10-7-17(15-24)8-11-18/h1-14H. The second-order valence-electron chi connectivity index (χ2n) is 5.52. The third-order valence-electron chi connectivity index (χ3n) is 3.77. The van der Waals surface area contributed by atoms with Gasteiger partial charge in [0.05, 0.1) is 11.6 Å². The second kappa shape index (κ2) is 7.74. The maximum absolute atomic E-state index is 12.2. The molecule has 0 unspecified atom stereocenters. The highest BCUT2D eigenvalue weighted by Crippen LogP contribution is 2.24. The van der Waals surface area contributed by atoms with Crippen molar-refractivity contribution in [2.24, 2.45) is 0 Å². The molecule has 0 aromatic heterocycles. The Kier molecular flexibility index (Phi) is 5.23. The molecule has 0 aliphatic heterocycles. The SMILES string of the molecule is N#Cc1ccc(C(=O)C=Cc2cccc(-c3cccc(Br)c3)c2)cc1. The Morgan fingerprint density at radius 1 is 0.920 bits per heavy atom. The summed E-state index contributed by atoms with van der Waals surface area (Å²) in [5, 5.41) is 8.80. The van der Waals surface area contributed by atoms with Crippen LogP contribution in [-0.2, 0) is 0 Å². The molecule has 0 radical (unpaired) electrons. The minimum Gasteiger partial charge on any atom is -0.289 e. The summed E-state index contributed by atoms with van der Waals surface area (Å²) < 4.78 is 1.03. The van der Waals surface area contributed by atoms with Crippen molar-refractivity contribution in [1.29, 1.82) is 5.26 Å². The smallest absolute Gasteiger partial charge is 0.185 e. The van der Waals surface area contributed by atoms with Gasteiger partial charge in [-0.1, -0.05) is 52.3 Å². The van der Waals surface area contributed by atoms with Crippen molar-refractivity contribution in [3.63, 3.8) is 0 Å². The lowest BCUT2D eigenvalue weighted by Crippen LogP contribution is -1.93. The molecular formula is C22H14BrNO. The van der Waals surface area contributed by atoms with Crippen LogP contribution in [0.4, 0.5) is 0 Å². The van der Waals surface area contributed by atoms with Crippen molar-refractivity contribution >= 4 is 27.8 Å². The predicted molar refractivity (Wildman–Crippen MR) is 104 cm³/mol. The van der Waals surface area contributed by atoms with Crippen molar-refractivity contribution in [3.05, 3.63) is 100 Å². The molecule has 0 amide bonds. The number of rotatable bonds is 4. The molecule has 2 nitrogen and oxygen atoms in total. The molecule has 3 rings (SSSR count). The van der Waals surface area contributed by atoms with Gasteiger partial charge in [0, 0.05) is 10.0 Å². The lowest BCUT2D eigenvalue weighted by Gasteiger charge is -2.04. The fourth-order valence-corrected chi connectivity index (χ4v) is 2.87. The van der Waals surface area contributed by atoms with Crippen molar-refractivity contribution in [2.45, 2.75) is 0 Å². The van der Waals surface area contributed by atoms with E-state index < -0.39 is 0 Å². The van der Waals surface area contributed by atoms with E-state index in [-0.39, 0.29) is 5.78 Å². The molecule has 0 N–H and O–H groups in total. The average molecular weight is 388 g/mol. The number of nitrogens with zero attached hydrogens (tertiary/aromatic N) is 1. The summed E-state index contributed by atoms with van der Waals surface area (Å²) in [7, 11) is 0. The first kappa shape index (κ1) is 16.9. The van der Waals surface area contributed by atoms with Gasteiger partial charge < -0.3 is 0 Å². The molecule has 0 saturated carbocycles. The van der Waals surface area contributed by atoms with Crippen molar-refractivity contribution < 1.29 is 4.79 Å². The van der Waals surface area contributed by atoms with Gasteiger partial charge in [-0.15, -0.1) is 0 Å². The molecule has 3 aromatic rings. The van der Waals surface area contributed by atoms with Crippen molar-refractivity contribution in [2.75, 3.05) is 0 Å². The first-order valence-electron chi connectivity index (χ1n) is 7.74. The largest absolute Gasteiger partial charge is 0.289 e. The van der Waals surface area contributed by atoms with E-state index in [2.05, 4.69) is 28.1 Å². The number of benzene rings is 3. The van der Waals surface area contributed by atoms with E-state index in [1.807, 2.05) is 48.5 Å². The maximum Gasteiger partial charge on any atom is 0.185 e. The third-order valence-corrected chi connectivity index (χ3v) is 4.26. The molecule has 0 saturated heterocycles. The number of halogens is 1. The normalized spacial score (nSPS) is 10.6. The van der Waals surface area contributed by atoms with Crippen LogP contribution >= 0.6 is 15.9 Å². The van der Waals surface area contributed by atoms with Crippen LogP contribution in [-0.4, -0.2) is 5.78 Å². The van der Waals surface area contributed by atoms with Gasteiger partial charge in [0.15, 0.2) is 5.78 Å². The van der Waals surface area contributed by atoms with E-state index in [1.165, 1.54) is 0 Å². The van der Waals surface area contributed by atoms with Crippen molar-refractivity contribution in [1.82, 2.24) is 0 Å². The summed E-state index contributed by atoms with van der Waals surface area (Å²) in [5.41, 5.74) is 4.28. The number of allylic oxidation sites excluding steroid dienone is 1. The minimum atomic E-state index is -0.0858. The molecule has 25 heavy (non-hydrogen) atoms. The highest BCUT2D eigenvalue weighted by Gasteiger charge is 2.02. The van der Waals surface area contributed by atoms with Crippen LogP contribution in [0.25, 0.3) is 17.2 Å². The Hall–Kier alpha value is -2.96. The predicted octanol–water partition coefficient (Wildman–Crippen LogP) is 5.88. The van der Waals surface area contributed by atoms with Gasteiger partial charge in [0.2, 0.25) is 0 Å². The molecule has 3 aromatic carbocycles. The van der Waals surface area contributed by atoms with Gasteiger partial charge in [-0.25, -0.2) is 0 Å². The first-order chi connectivity index (χ1) is 12.2. The van der Waals surface area contributed by atoms with Crippen LogP contribution in [0.2, 0.25) is 0 Å². The molecular weight excluding hydrogens is 374 g/mol. The van der Waals surface area contributed by atoms with Gasteiger partial charge >= 0.3 is 0 Å². The summed E-state index contributed by atoms with van der Waals surface area (Å²) in [6, 6.07) is 24.8. The quantitative estimate of drug-likeness (QED) is 0.413. The third kappa shape index (κ3) is 4.32. The van der Waals surface area contributed by atoms with Gasteiger partial charge in [-0.05, 0) is 65.2 Å². The lowest BCUT2D eigenvalue weighted by atomic mass is 10.0. The molecule has 0 spiro atoms.